The fraction of sp³-hybridized carbons (Fsp3) is 0.316. The summed E-state index contributed by atoms with van der Waals surface area (Å²) in [5.74, 6) is 1.47. The van der Waals surface area contributed by atoms with Crippen LogP contribution in [0.1, 0.15) is 11.1 Å². The van der Waals surface area contributed by atoms with Gasteiger partial charge in [0, 0.05) is 5.69 Å². The van der Waals surface area contributed by atoms with Crippen molar-refractivity contribution in [1.82, 2.24) is 5.32 Å². The third kappa shape index (κ3) is 5.50. The van der Waals surface area contributed by atoms with Crippen molar-refractivity contribution in [3.8, 4) is 11.5 Å². The quantitative estimate of drug-likeness (QED) is 0.732. The molecule has 2 N–H and O–H groups in total. The Labute approximate surface area is 143 Å². The highest BCUT2D eigenvalue weighted by Crippen LogP contribution is 2.16. The van der Waals surface area contributed by atoms with Gasteiger partial charge in [-0.2, -0.15) is 0 Å². The fourth-order valence-electron chi connectivity index (χ4n) is 2.13. The lowest BCUT2D eigenvalue weighted by atomic mass is 10.1. The first-order valence-electron chi connectivity index (χ1n) is 7.93. The van der Waals surface area contributed by atoms with Crippen LogP contribution in [0, 0.1) is 13.8 Å². The molecule has 0 aliphatic rings. The molecule has 5 nitrogen and oxygen atoms in total. The van der Waals surface area contributed by atoms with Crippen LogP contribution in [0.15, 0.2) is 42.5 Å². The van der Waals surface area contributed by atoms with E-state index >= 15 is 0 Å². The number of hydrogen-bond acceptors (Lipinski definition) is 4. The minimum absolute atomic E-state index is 0.0634. The molecule has 2 aromatic rings. The average Bonchev–Trinajstić information content (AvgIpc) is 2.60. The maximum atomic E-state index is 11.8. The summed E-state index contributed by atoms with van der Waals surface area (Å²) in [5, 5.41) is 5.94. The minimum atomic E-state index is -0.0634. The SMILES string of the molecule is COc1ccc(OCCNC(=O)CNc2ccc(C)c(C)c2)cc1. The number of benzene rings is 2. The van der Waals surface area contributed by atoms with Gasteiger partial charge in [0.1, 0.15) is 18.1 Å². The molecule has 24 heavy (non-hydrogen) atoms. The summed E-state index contributed by atoms with van der Waals surface area (Å²) in [6.45, 7) is 5.23. The highest BCUT2D eigenvalue weighted by molar-refractivity contribution is 5.80. The van der Waals surface area contributed by atoms with Gasteiger partial charge >= 0.3 is 0 Å². The van der Waals surface area contributed by atoms with Gasteiger partial charge in [0.25, 0.3) is 0 Å². The molecular formula is C19H24N2O3. The maximum Gasteiger partial charge on any atom is 0.239 e. The molecule has 0 spiro atoms. The van der Waals surface area contributed by atoms with Crippen LogP contribution in [-0.2, 0) is 4.79 Å². The molecule has 0 unspecified atom stereocenters. The Hall–Kier alpha value is -2.69. The summed E-state index contributed by atoms with van der Waals surface area (Å²) in [4.78, 5) is 11.8. The van der Waals surface area contributed by atoms with E-state index in [1.807, 2.05) is 42.5 Å². The topological polar surface area (TPSA) is 59.6 Å². The molecule has 0 radical (unpaired) electrons. The van der Waals surface area contributed by atoms with Gasteiger partial charge in [-0.05, 0) is 61.4 Å². The molecule has 0 saturated carbocycles. The Morgan fingerprint density at radius 2 is 1.71 bits per heavy atom. The lowest BCUT2D eigenvalue weighted by molar-refractivity contribution is -0.119. The zero-order chi connectivity index (χ0) is 17.4. The van der Waals surface area contributed by atoms with Gasteiger partial charge in [-0.25, -0.2) is 0 Å². The van der Waals surface area contributed by atoms with Gasteiger partial charge < -0.3 is 20.1 Å². The predicted molar refractivity (Wildman–Crippen MR) is 95.9 cm³/mol. The summed E-state index contributed by atoms with van der Waals surface area (Å²) in [7, 11) is 1.62. The van der Waals surface area contributed by atoms with Crippen LogP contribution in [-0.4, -0.2) is 32.7 Å². The molecule has 0 heterocycles. The zero-order valence-electron chi connectivity index (χ0n) is 14.4. The van der Waals surface area contributed by atoms with E-state index in [0.717, 1.165) is 17.2 Å². The van der Waals surface area contributed by atoms with Crippen molar-refractivity contribution in [2.45, 2.75) is 13.8 Å². The molecule has 0 fully saturated rings. The van der Waals surface area contributed by atoms with Crippen molar-refractivity contribution in [1.29, 1.82) is 0 Å². The number of hydrogen-bond donors (Lipinski definition) is 2. The maximum absolute atomic E-state index is 11.8. The van der Waals surface area contributed by atoms with Crippen molar-refractivity contribution in [2.75, 3.05) is 32.1 Å². The van der Waals surface area contributed by atoms with Crippen molar-refractivity contribution in [3.63, 3.8) is 0 Å². The lowest BCUT2D eigenvalue weighted by Crippen LogP contribution is -2.33. The number of amides is 1. The van der Waals surface area contributed by atoms with Crippen molar-refractivity contribution in [3.05, 3.63) is 53.6 Å². The molecule has 2 rings (SSSR count). The van der Waals surface area contributed by atoms with Crippen LogP contribution < -0.4 is 20.1 Å². The van der Waals surface area contributed by atoms with Gasteiger partial charge in [-0.15, -0.1) is 0 Å². The van der Waals surface area contributed by atoms with Crippen molar-refractivity contribution >= 4 is 11.6 Å². The van der Waals surface area contributed by atoms with Crippen LogP contribution in [0.3, 0.4) is 0 Å². The summed E-state index contributed by atoms with van der Waals surface area (Å²) >= 11 is 0. The van der Waals surface area contributed by atoms with E-state index in [9.17, 15) is 4.79 Å². The number of carbonyl (C=O) groups excluding carboxylic acids is 1. The number of carbonyl (C=O) groups is 1. The smallest absolute Gasteiger partial charge is 0.239 e. The molecule has 0 atom stereocenters. The molecular weight excluding hydrogens is 304 g/mol. The Bertz CT molecular complexity index is 669. The summed E-state index contributed by atoms with van der Waals surface area (Å²) in [5.41, 5.74) is 3.39. The highest BCUT2D eigenvalue weighted by Gasteiger charge is 2.02. The number of anilines is 1. The first-order valence-corrected chi connectivity index (χ1v) is 7.93. The molecule has 0 bridgehead atoms. The summed E-state index contributed by atoms with van der Waals surface area (Å²) < 4.78 is 10.6. The van der Waals surface area contributed by atoms with Crippen molar-refractivity contribution in [2.24, 2.45) is 0 Å². The molecule has 0 aliphatic carbocycles. The molecule has 0 aliphatic heterocycles. The van der Waals surface area contributed by atoms with Crippen LogP contribution in [0.25, 0.3) is 0 Å². The Morgan fingerprint density at radius 3 is 2.38 bits per heavy atom. The van der Waals surface area contributed by atoms with Crippen LogP contribution in [0.5, 0.6) is 11.5 Å². The van der Waals surface area contributed by atoms with E-state index in [0.29, 0.717) is 13.2 Å². The van der Waals surface area contributed by atoms with E-state index in [2.05, 4.69) is 24.5 Å². The molecule has 128 valence electrons. The molecule has 0 aromatic heterocycles. The van der Waals surface area contributed by atoms with Crippen LogP contribution in [0.2, 0.25) is 0 Å². The normalized spacial score (nSPS) is 10.1. The van der Waals surface area contributed by atoms with E-state index in [1.54, 1.807) is 7.11 Å². The predicted octanol–water partition coefficient (Wildman–Crippen LogP) is 2.92. The van der Waals surface area contributed by atoms with Gasteiger partial charge in [0.2, 0.25) is 5.91 Å². The van der Waals surface area contributed by atoms with Crippen LogP contribution in [0.4, 0.5) is 5.69 Å². The molecule has 5 heteroatoms. The monoisotopic (exact) mass is 328 g/mol. The number of ether oxygens (including phenoxy) is 2. The third-order valence-corrected chi connectivity index (χ3v) is 3.71. The highest BCUT2D eigenvalue weighted by atomic mass is 16.5. The second-order valence-electron chi connectivity index (χ2n) is 5.53. The lowest BCUT2D eigenvalue weighted by Gasteiger charge is -2.10. The fourth-order valence-corrected chi connectivity index (χ4v) is 2.13. The third-order valence-electron chi connectivity index (χ3n) is 3.71. The zero-order valence-corrected chi connectivity index (χ0v) is 14.4. The van der Waals surface area contributed by atoms with Crippen molar-refractivity contribution < 1.29 is 14.3 Å². The second-order valence-corrected chi connectivity index (χ2v) is 5.53. The van der Waals surface area contributed by atoms with Gasteiger partial charge in [-0.1, -0.05) is 6.07 Å². The number of methoxy groups -OCH3 is 1. The van der Waals surface area contributed by atoms with Gasteiger partial charge in [0.05, 0.1) is 20.2 Å². The number of rotatable bonds is 8. The van der Waals surface area contributed by atoms with Gasteiger partial charge in [0.15, 0.2) is 0 Å². The standard InChI is InChI=1S/C19H24N2O3/c1-14-4-5-16(12-15(14)2)21-13-19(22)20-10-11-24-18-8-6-17(23-3)7-9-18/h4-9,12,21H,10-11,13H2,1-3H3,(H,20,22). The van der Waals surface area contributed by atoms with E-state index in [-0.39, 0.29) is 12.5 Å². The first kappa shape index (κ1) is 17.7. The molecule has 1 amide bonds. The van der Waals surface area contributed by atoms with Crippen LogP contribution >= 0.6 is 0 Å². The minimum Gasteiger partial charge on any atom is -0.497 e. The Morgan fingerprint density at radius 1 is 1.00 bits per heavy atom. The largest absolute Gasteiger partial charge is 0.497 e. The molecule has 2 aromatic carbocycles. The summed E-state index contributed by atoms with van der Waals surface area (Å²) in [6, 6.07) is 13.4. The van der Waals surface area contributed by atoms with E-state index in [1.165, 1.54) is 11.1 Å². The second kappa shape index (κ2) is 8.82. The Kier molecular flexibility index (Phi) is 6.49. The number of nitrogens with one attached hydrogen (secondary N) is 2. The summed E-state index contributed by atoms with van der Waals surface area (Å²) in [6.07, 6.45) is 0. The first-order chi connectivity index (χ1) is 11.6. The Balaban J connectivity index is 1.64. The number of aryl methyl sites for hydroxylation is 2. The molecule has 0 saturated heterocycles. The average molecular weight is 328 g/mol. The van der Waals surface area contributed by atoms with E-state index < -0.39 is 0 Å². The van der Waals surface area contributed by atoms with E-state index in [4.69, 9.17) is 9.47 Å². The van der Waals surface area contributed by atoms with Gasteiger partial charge in [-0.3, -0.25) is 4.79 Å².